The van der Waals surface area contributed by atoms with Gasteiger partial charge in [-0.3, -0.25) is 19.5 Å². The number of nitrogens with zero attached hydrogens (tertiary/aromatic N) is 4. The number of hydrogen-bond donors (Lipinski definition) is 1. The molecular formula is C26H27N5O4S2. The van der Waals surface area contributed by atoms with Gasteiger partial charge in [0.05, 0.1) is 6.61 Å². The molecule has 4 rings (SSSR count). The average molecular weight is 538 g/mol. The Morgan fingerprint density at radius 1 is 0.865 bits per heavy atom. The monoisotopic (exact) mass is 537 g/mol. The zero-order chi connectivity index (χ0) is 26.0. The highest BCUT2D eigenvalue weighted by molar-refractivity contribution is 7.98. The lowest BCUT2D eigenvalue weighted by molar-refractivity contribution is -0.142. The van der Waals surface area contributed by atoms with Gasteiger partial charge in [0, 0.05) is 25.4 Å². The number of hydrogen-bond acceptors (Lipinski definition) is 9. The smallest absolute Gasteiger partial charge is 0.302 e. The molecule has 0 aliphatic heterocycles. The van der Waals surface area contributed by atoms with Gasteiger partial charge >= 0.3 is 5.97 Å². The molecule has 37 heavy (non-hydrogen) atoms. The van der Waals surface area contributed by atoms with Crippen molar-refractivity contribution < 1.29 is 19.1 Å². The predicted molar refractivity (Wildman–Crippen MR) is 144 cm³/mol. The van der Waals surface area contributed by atoms with Crippen LogP contribution in [0.4, 0.5) is 5.95 Å². The van der Waals surface area contributed by atoms with Crippen LogP contribution in [0.15, 0.2) is 70.8 Å². The van der Waals surface area contributed by atoms with E-state index in [1.165, 1.54) is 25.6 Å². The fourth-order valence-electron chi connectivity index (χ4n) is 3.34. The molecule has 0 saturated heterocycles. The molecule has 0 aliphatic rings. The van der Waals surface area contributed by atoms with E-state index in [4.69, 9.17) is 14.5 Å². The van der Waals surface area contributed by atoms with E-state index in [0.717, 1.165) is 11.1 Å². The number of carbonyl (C=O) groups excluding carboxylic acids is 2. The summed E-state index contributed by atoms with van der Waals surface area (Å²) in [5, 5.41) is 4.07. The van der Waals surface area contributed by atoms with Crippen molar-refractivity contribution in [2.24, 2.45) is 0 Å². The Morgan fingerprint density at radius 3 is 2.14 bits per heavy atom. The summed E-state index contributed by atoms with van der Waals surface area (Å²) in [5.74, 6) is 0.973. The normalized spacial score (nSPS) is 11.0. The van der Waals surface area contributed by atoms with E-state index in [2.05, 4.69) is 39.6 Å². The molecule has 1 N–H and O–H groups in total. The van der Waals surface area contributed by atoms with Crippen LogP contribution in [-0.2, 0) is 37.3 Å². The Bertz CT molecular complexity index is 1350. The van der Waals surface area contributed by atoms with Crippen LogP contribution in [0.2, 0.25) is 0 Å². The molecule has 0 spiro atoms. The largest absolute Gasteiger partial charge is 0.463 e. The van der Waals surface area contributed by atoms with Gasteiger partial charge in [-0.2, -0.15) is 4.98 Å². The van der Waals surface area contributed by atoms with Gasteiger partial charge in [0.25, 0.3) is 0 Å². The molecule has 9 nitrogen and oxygen atoms in total. The molecule has 0 bridgehead atoms. The molecule has 192 valence electrons. The maximum atomic E-state index is 11.8. The first-order valence-corrected chi connectivity index (χ1v) is 13.6. The van der Waals surface area contributed by atoms with Crippen molar-refractivity contribution in [2.45, 2.75) is 42.3 Å². The number of carbonyl (C=O) groups is 2. The highest BCUT2D eigenvalue weighted by atomic mass is 32.2. The SMILES string of the molecule is CC(=O)Nc1nc(SCc2ccccc2)c2nc(SCc3ccccc3)n(COCCOC(C)=O)c2n1. The first kappa shape index (κ1) is 26.6. The minimum Gasteiger partial charge on any atom is -0.463 e. The van der Waals surface area contributed by atoms with Gasteiger partial charge in [0.1, 0.15) is 23.9 Å². The molecule has 2 heterocycles. The van der Waals surface area contributed by atoms with Crippen molar-refractivity contribution in [2.75, 3.05) is 18.5 Å². The Balaban J connectivity index is 1.66. The Kier molecular flexibility index (Phi) is 9.52. The van der Waals surface area contributed by atoms with Crippen LogP contribution in [0.3, 0.4) is 0 Å². The summed E-state index contributed by atoms with van der Waals surface area (Å²) in [6.45, 7) is 3.30. The molecule has 4 aromatic rings. The summed E-state index contributed by atoms with van der Waals surface area (Å²) in [5.41, 5.74) is 3.49. The maximum absolute atomic E-state index is 11.8. The van der Waals surface area contributed by atoms with E-state index in [0.29, 0.717) is 32.9 Å². The van der Waals surface area contributed by atoms with Crippen LogP contribution in [0.25, 0.3) is 11.2 Å². The predicted octanol–water partition coefficient (Wildman–Crippen LogP) is 4.91. The van der Waals surface area contributed by atoms with E-state index in [1.807, 2.05) is 41.0 Å². The summed E-state index contributed by atoms with van der Waals surface area (Å²) in [6.07, 6.45) is 0. The zero-order valence-corrected chi connectivity index (χ0v) is 22.2. The Hall–Kier alpha value is -3.41. The van der Waals surface area contributed by atoms with Crippen molar-refractivity contribution in [3.63, 3.8) is 0 Å². The number of thioether (sulfide) groups is 2. The number of ether oxygens (including phenoxy) is 2. The van der Waals surface area contributed by atoms with Gasteiger partial charge in [-0.25, -0.2) is 9.97 Å². The lowest BCUT2D eigenvalue weighted by Crippen LogP contribution is -2.13. The second-order valence-corrected chi connectivity index (χ2v) is 9.86. The molecule has 0 aliphatic carbocycles. The van der Waals surface area contributed by atoms with Crippen molar-refractivity contribution in [3.05, 3.63) is 71.8 Å². The molecule has 0 unspecified atom stereocenters. The summed E-state index contributed by atoms with van der Waals surface area (Å²) in [4.78, 5) is 36.9. The molecule has 0 saturated carbocycles. The Morgan fingerprint density at radius 2 is 1.51 bits per heavy atom. The first-order chi connectivity index (χ1) is 18.0. The number of nitrogens with one attached hydrogen (secondary N) is 1. The van der Waals surface area contributed by atoms with Crippen molar-refractivity contribution in [1.29, 1.82) is 0 Å². The topological polar surface area (TPSA) is 108 Å². The second kappa shape index (κ2) is 13.2. The number of amides is 1. The second-order valence-electron chi connectivity index (χ2n) is 7.95. The minimum absolute atomic E-state index is 0.147. The summed E-state index contributed by atoms with van der Waals surface area (Å²) in [6, 6.07) is 20.2. The zero-order valence-electron chi connectivity index (χ0n) is 20.5. The highest BCUT2D eigenvalue weighted by Gasteiger charge is 2.20. The van der Waals surface area contributed by atoms with Gasteiger partial charge in [-0.05, 0) is 11.1 Å². The third-order valence-corrected chi connectivity index (χ3v) is 7.08. The molecule has 0 fully saturated rings. The van der Waals surface area contributed by atoms with Crippen molar-refractivity contribution >= 4 is 52.5 Å². The molecule has 0 radical (unpaired) electrons. The molecular weight excluding hydrogens is 510 g/mol. The van der Waals surface area contributed by atoms with E-state index < -0.39 is 0 Å². The Labute approximate surface area is 223 Å². The van der Waals surface area contributed by atoms with Gasteiger partial charge in [0.2, 0.25) is 11.9 Å². The molecule has 2 aromatic carbocycles. The summed E-state index contributed by atoms with van der Waals surface area (Å²) >= 11 is 3.09. The lowest BCUT2D eigenvalue weighted by atomic mass is 10.2. The number of imidazole rings is 1. The quantitative estimate of drug-likeness (QED) is 0.117. The number of esters is 1. The number of anilines is 1. The van der Waals surface area contributed by atoms with E-state index in [-0.39, 0.29) is 37.8 Å². The van der Waals surface area contributed by atoms with Crippen molar-refractivity contribution in [1.82, 2.24) is 19.5 Å². The summed E-state index contributed by atoms with van der Waals surface area (Å²) < 4.78 is 12.6. The third-order valence-electron chi connectivity index (χ3n) is 5.00. The minimum atomic E-state index is -0.358. The van der Waals surface area contributed by atoms with Crippen LogP contribution in [0.1, 0.15) is 25.0 Å². The van der Waals surface area contributed by atoms with E-state index in [1.54, 1.807) is 11.8 Å². The van der Waals surface area contributed by atoms with Crippen LogP contribution in [-0.4, -0.2) is 44.6 Å². The fourth-order valence-corrected chi connectivity index (χ4v) is 5.20. The van der Waals surface area contributed by atoms with Gasteiger partial charge in [-0.15, -0.1) is 0 Å². The van der Waals surface area contributed by atoms with Gasteiger partial charge < -0.3 is 9.47 Å². The van der Waals surface area contributed by atoms with E-state index in [9.17, 15) is 9.59 Å². The standard InChI is InChI=1S/C26H27N5O4S2/c1-18(32)27-25-29-23-22(24(30-25)36-15-20-9-5-3-6-10-20)28-26(37-16-21-11-7-4-8-12-21)31(23)17-34-13-14-35-19(2)33/h3-12H,13-17H2,1-2H3,(H,27,29,30,32). The van der Waals surface area contributed by atoms with Crippen LogP contribution >= 0.6 is 23.5 Å². The molecule has 2 aromatic heterocycles. The molecule has 11 heteroatoms. The van der Waals surface area contributed by atoms with Gasteiger partial charge in [0.15, 0.2) is 10.8 Å². The molecule has 0 atom stereocenters. The highest BCUT2D eigenvalue weighted by Crippen LogP contribution is 2.33. The molecule has 1 amide bonds. The van der Waals surface area contributed by atoms with Crippen molar-refractivity contribution in [3.8, 4) is 0 Å². The fraction of sp³-hybridized carbons (Fsp3) is 0.269. The first-order valence-electron chi connectivity index (χ1n) is 11.6. The van der Waals surface area contributed by atoms with Crippen LogP contribution in [0.5, 0.6) is 0 Å². The number of fused-ring (bicyclic) bond motifs is 1. The van der Waals surface area contributed by atoms with E-state index >= 15 is 0 Å². The number of rotatable bonds is 12. The van der Waals surface area contributed by atoms with Gasteiger partial charge in [-0.1, -0.05) is 84.2 Å². The van der Waals surface area contributed by atoms with Crippen LogP contribution in [0, 0.1) is 0 Å². The van der Waals surface area contributed by atoms with Crippen LogP contribution < -0.4 is 5.32 Å². The summed E-state index contributed by atoms with van der Waals surface area (Å²) in [7, 11) is 0. The third kappa shape index (κ3) is 7.78. The lowest BCUT2D eigenvalue weighted by Gasteiger charge is -2.10. The number of aromatic nitrogens is 4. The maximum Gasteiger partial charge on any atom is 0.302 e. The average Bonchev–Trinajstić information content (AvgIpc) is 3.24. The number of benzene rings is 2.